The van der Waals surface area contributed by atoms with Gasteiger partial charge in [0.15, 0.2) is 0 Å². The van der Waals surface area contributed by atoms with Crippen LogP contribution in [-0.4, -0.2) is 39.4 Å². The molecule has 0 spiro atoms. The summed E-state index contributed by atoms with van der Waals surface area (Å²) in [4.78, 5) is 14.6. The average Bonchev–Trinajstić information content (AvgIpc) is 2.82. The second-order valence-electron chi connectivity index (χ2n) is 7.77. The van der Waals surface area contributed by atoms with Crippen molar-refractivity contribution < 1.29 is 13.2 Å². The molecule has 0 heterocycles. The number of nitrogens with zero attached hydrogens (tertiary/aromatic N) is 1. The molecular weight excluding hydrogens is 434 g/mol. The summed E-state index contributed by atoms with van der Waals surface area (Å²) in [6.07, 6.45) is 2.36. The summed E-state index contributed by atoms with van der Waals surface area (Å²) in [5.74, 6) is -0.181. The minimum atomic E-state index is -3.65. The highest BCUT2D eigenvalue weighted by atomic mass is 32.2. The maximum Gasteiger partial charge on any atom is 0.255 e. The largest absolute Gasteiger partial charge is 0.352 e. The first kappa shape index (κ1) is 24.2. The molecule has 2 N–H and O–H groups in total. The number of benzene rings is 3. The number of rotatable bonds is 11. The van der Waals surface area contributed by atoms with Gasteiger partial charge in [-0.1, -0.05) is 60.7 Å². The highest BCUT2D eigenvalue weighted by Gasteiger charge is 2.09. The molecule has 0 fully saturated rings. The van der Waals surface area contributed by atoms with E-state index in [1.807, 2.05) is 48.5 Å². The molecule has 0 aromatic heterocycles. The summed E-state index contributed by atoms with van der Waals surface area (Å²) in [6, 6.07) is 25.8. The summed E-state index contributed by atoms with van der Waals surface area (Å²) >= 11 is 0. The van der Waals surface area contributed by atoms with Gasteiger partial charge in [0.05, 0.1) is 5.41 Å². The van der Waals surface area contributed by atoms with Gasteiger partial charge in [0, 0.05) is 24.3 Å². The Morgan fingerprint density at radius 3 is 2.21 bits per heavy atom. The fourth-order valence-corrected chi connectivity index (χ4v) is 4.12. The summed E-state index contributed by atoms with van der Waals surface area (Å²) in [5, 5.41) is 4.03. The number of amides is 1. The maximum absolute atomic E-state index is 12.4. The van der Waals surface area contributed by atoms with Gasteiger partial charge in [-0.15, -0.1) is 0 Å². The lowest BCUT2D eigenvalue weighted by Crippen LogP contribution is -2.28. The summed E-state index contributed by atoms with van der Waals surface area (Å²) in [5.41, 5.74) is 2.93. The Balaban J connectivity index is 1.42. The Labute approximate surface area is 196 Å². The number of hydrogen-bond donors (Lipinski definition) is 2. The normalized spacial score (nSPS) is 11.6. The van der Waals surface area contributed by atoms with E-state index in [2.05, 4.69) is 34.1 Å². The van der Waals surface area contributed by atoms with E-state index in [0.717, 1.165) is 30.5 Å². The zero-order valence-corrected chi connectivity index (χ0v) is 19.5. The van der Waals surface area contributed by atoms with Crippen molar-refractivity contribution >= 4 is 27.7 Å². The van der Waals surface area contributed by atoms with E-state index in [4.69, 9.17) is 0 Å². The Morgan fingerprint density at radius 2 is 1.55 bits per heavy atom. The molecule has 0 radical (unpaired) electrons. The van der Waals surface area contributed by atoms with Gasteiger partial charge < -0.3 is 10.2 Å². The molecule has 3 aromatic carbocycles. The van der Waals surface area contributed by atoms with Crippen molar-refractivity contribution in [1.29, 1.82) is 0 Å². The third kappa shape index (κ3) is 8.56. The van der Waals surface area contributed by atoms with Crippen LogP contribution in [0.25, 0.3) is 6.08 Å². The number of nitrogens with one attached hydrogen (secondary N) is 2. The Hall–Kier alpha value is -3.42. The third-order valence-corrected chi connectivity index (χ3v) is 5.96. The second kappa shape index (κ2) is 12.0. The van der Waals surface area contributed by atoms with E-state index in [9.17, 15) is 13.2 Å². The number of carbonyl (C=O) groups excluding carboxylic acids is 1. The molecule has 3 aromatic rings. The van der Waals surface area contributed by atoms with Gasteiger partial charge in [-0.25, -0.2) is 8.42 Å². The molecular formula is C26H29N3O3S. The fraction of sp³-hybridized carbons (Fsp3) is 0.192. The summed E-state index contributed by atoms with van der Waals surface area (Å²) in [6.45, 7) is 2.30. The fourth-order valence-electron chi connectivity index (χ4n) is 3.25. The number of hydrogen-bond acceptors (Lipinski definition) is 4. The molecule has 0 aliphatic heterocycles. The Bertz CT molecular complexity index is 1150. The topological polar surface area (TPSA) is 78.5 Å². The van der Waals surface area contributed by atoms with Gasteiger partial charge in [0.1, 0.15) is 0 Å². The van der Waals surface area contributed by atoms with Crippen LogP contribution in [0.15, 0.2) is 90.3 Å². The quantitative estimate of drug-likeness (QED) is 0.415. The maximum atomic E-state index is 12.4. The van der Waals surface area contributed by atoms with Crippen molar-refractivity contribution in [3.8, 4) is 0 Å². The van der Waals surface area contributed by atoms with Crippen molar-refractivity contribution in [1.82, 2.24) is 10.2 Å². The molecule has 0 unspecified atom stereocenters. The number of sulfonamides is 1. The van der Waals surface area contributed by atoms with Gasteiger partial charge in [-0.3, -0.25) is 9.52 Å². The lowest BCUT2D eigenvalue weighted by atomic mass is 10.2. The van der Waals surface area contributed by atoms with E-state index in [1.165, 1.54) is 11.6 Å². The van der Waals surface area contributed by atoms with Crippen molar-refractivity contribution in [3.05, 3.63) is 107 Å². The molecule has 6 nitrogen and oxygen atoms in total. The van der Waals surface area contributed by atoms with E-state index >= 15 is 0 Å². The van der Waals surface area contributed by atoms with Gasteiger partial charge in [-0.05, 0) is 61.5 Å². The summed E-state index contributed by atoms with van der Waals surface area (Å²) < 4.78 is 27.0. The minimum Gasteiger partial charge on any atom is -0.352 e. The average molecular weight is 464 g/mol. The first-order valence-corrected chi connectivity index (χ1v) is 12.3. The monoisotopic (exact) mass is 463 g/mol. The van der Waals surface area contributed by atoms with Gasteiger partial charge in [0.2, 0.25) is 0 Å². The van der Waals surface area contributed by atoms with Crippen molar-refractivity contribution in [2.45, 2.75) is 13.0 Å². The van der Waals surface area contributed by atoms with Crippen LogP contribution in [-0.2, 0) is 16.6 Å². The smallest absolute Gasteiger partial charge is 0.255 e. The molecule has 33 heavy (non-hydrogen) atoms. The first-order valence-electron chi connectivity index (χ1n) is 10.8. The molecule has 0 saturated heterocycles. The SMILES string of the molecule is CN(CCCNC(=O)c1ccc(NS(=O)(=O)/C=C/c2ccccc2)cc1)Cc1ccccc1. The molecule has 1 amide bonds. The standard InChI is InChI=1S/C26H29N3O3S/c1-29(21-23-11-6-3-7-12-23)19-8-18-27-26(30)24-13-15-25(16-14-24)28-33(31,32)20-17-22-9-4-2-5-10-22/h2-7,9-17,20,28H,8,18-19,21H2,1H3,(H,27,30)/b20-17+. The molecule has 0 aliphatic carbocycles. The third-order valence-electron chi connectivity index (χ3n) is 4.94. The van der Waals surface area contributed by atoms with Crippen molar-refractivity contribution in [2.24, 2.45) is 0 Å². The van der Waals surface area contributed by atoms with Crippen LogP contribution in [0.2, 0.25) is 0 Å². The molecule has 0 atom stereocenters. The lowest BCUT2D eigenvalue weighted by Gasteiger charge is -2.16. The second-order valence-corrected chi connectivity index (χ2v) is 9.34. The predicted octanol–water partition coefficient (Wildman–Crippen LogP) is 4.35. The first-order chi connectivity index (χ1) is 15.9. The van der Waals surface area contributed by atoms with Crippen molar-refractivity contribution in [3.63, 3.8) is 0 Å². The van der Waals surface area contributed by atoms with Crippen LogP contribution < -0.4 is 10.0 Å². The van der Waals surface area contributed by atoms with Gasteiger partial charge >= 0.3 is 0 Å². The van der Waals surface area contributed by atoms with E-state index < -0.39 is 10.0 Å². The predicted molar refractivity (Wildman–Crippen MR) is 134 cm³/mol. The highest BCUT2D eigenvalue weighted by molar-refractivity contribution is 7.95. The van der Waals surface area contributed by atoms with Crippen LogP contribution in [0.1, 0.15) is 27.9 Å². The van der Waals surface area contributed by atoms with Crippen LogP contribution in [0.5, 0.6) is 0 Å². The van der Waals surface area contributed by atoms with E-state index in [0.29, 0.717) is 17.8 Å². The summed E-state index contributed by atoms with van der Waals surface area (Å²) in [7, 11) is -1.59. The Kier molecular flexibility index (Phi) is 8.80. The minimum absolute atomic E-state index is 0.181. The Morgan fingerprint density at radius 1 is 0.909 bits per heavy atom. The van der Waals surface area contributed by atoms with Crippen LogP contribution in [0, 0.1) is 0 Å². The van der Waals surface area contributed by atoms with E-state index in [1.54, 1.807) is 24.3 Å². The van der Waals surface area contributed by atoms with Crippen LogP contribution in [0.4, 0.5) is 5.69 Å². The molecule has 172 valence electrons. The molecule has 7 heteroatoms. The van der Waals surface area contributed by atoms with Gasteiger partial charge in [-0.2, -0.15) is 0 Å². The zero-order chi connectivity index (χ0) is 23.5. The highest BCUT2D eigenvalue weighted by Crippen LogP contribution is 2.13. The molecule has 0 bridgehead atoms. The van der Waals surface area contributed by atoms with Crippen LogP contribution in [0.3, 0.4) is 0 Å². The van der Waals surface area contributed by atoms with Gasteiger partial charge in [0.25, 0.3) is 15.9 Å². The van der Waals surface area contributed by atoms with Crippen LogP contribution >= 0.6 is 0 Å². The lowest BCUT2D eigenvalue weighted by molar-refractivity contribution is 0.0952. The molecule has 0 aliphatic rings. The molecule has 0 saturated carbocycles. The number of anilines is 1. The zero-order valence-electron chi connectivity index (χ0n) is 18.6. The molecule has 3 rings (SSSR count). The van der Waals surface area contributed by atoms with Crippen molar-refractivity contribution in [2.75, 3.05) is 24.9 Å². The van der Waals surface area contributed by atoms with E-state index in [-0.39, 0.29) is 5.91 Å². The number of carbonyl (C=O) groups is 1.